The largest absolute Gasteiger partial charge is 0.462 e. The minimum atomic E-state index is -1.88. The maximum Gasteiger partial charge on any atom is 0.333 e. The van der Waals surface area contributed by atoms with E-state index in [1.165, 1.54) is 115 Å². The first-order valence-electron chi connectivity index (χ1n) is 18.5. The van der Waals surface area contributed by atoms with Crippen molar-refractivity contribution in [2.75, 3.05) is 6.61 Å². The summed E-state index contributed by atoms with van der Waals surface area (Å²) in [5, 5.41) is 4.21. The maximum atomic E-state index is 11.7. The summed E-state index contributed by atoms with van der Waals surface area (Å²) in [6.07, 6.45) is 26.7. The van der Waals surface area contributed by atoms with Crippen molar-refractivity contribution in [3.63, 3.8) is 0 Å². The summed E-state index contributed by atoms with van der Waals surface area (Å²) < 4.78 is 12.5. The number of unbranched alkanes of at least 4 members (excludes halogenated alkanes) is 14. The Balaban J connectivity index is 2.36. The molecule has 0 radical (unpaired) electrons. The highest BCUT2D eigenvalue weighted by Gasteiger charge is 2.57. The van der Waals surface area contributed by atoms with Gasteiger partial charge in [0.15, 0.2) is 7.83 Å². The fourth-order valence-electron chi connectivity index (χ4n) is 7.31. The van der Waals surface area contributed by atoms with Gasteiger partial charge in [-0.25, -0.2) is 4.79 Å². The van der Waals surface area contributed by atoms with E-state index in [9.17, 15) is 4.79 Å². The van der Waals surface area contributed by atoms with Crippen LogP contribution in [0.3, 0.4) is 0 Å². The maximum absolute atomic E-state index is 11.7. The fourth-order valence-corrected chi connectivity index (χ4v) is 20.4. The number of esters is 1. The van der Waals surface area contributed by atoms with Crippen LogP contribution in [0.15, 0.2) is 12.2 Å². The number of carbonyl (C=O) groups excluding carboxylic acids is 1. The number of hydrogen-bond acceptors (Lipinski definition) is 4. The van der Waals surface area contributed by atoms with E-state index in [4.69, 9.17) is 9.16 Å². The Bertz CT molecular complexity index is 786. The summed E-state index contributed by atoms with van der Waals surface area (Å²) in [6, 6.07) is 1.33. The first-order chi connectivity index (χ1) is 20.2. The van der Waals surface area contributed by atoms with Gasteiger partial charge in [-0.2, -0.15) is 0 Å². The third-order valence-corrected chi connectivity index (χ3v) is 28.1. The second-order valence-electron chi connectivity index (χ2n) is 15.7. The lowest BCUT2D eigenvalue weighted by atomic mass is 9.95. The van der Waals surface area contributed by atoms with Gasteiger partial charge in [-0.3, -0.25) is 0 Å². The van der Waals surface area contributed by atoms with Crippen LogP contribution in [0.2, 0.25) is 25.7 Å². The Morgan fingerprint density at radius 2 is 1.37 bits per heavy atom. The van der Waals surface area contributed by atoms with E-state index in [1.54, 1.807) is 6.92 Å². The van der Waals surface area contributed by atoms with Crippen molar-refractivity contribution in [2.45, 2.75) is 212 Å². The minimum Gasteiger partial charge on any atom is -0.462 e. The Kier molecular flexibility index (Phi) is 19.5. The lowest BCUT2D eigenvalue weighted by Crippen LogP contribution is -2.75. The molecule has 0 aromatic heterocycles. The second kappa shape index (κ2) is 20.6. The number of nitrogens with one attached hydrogen (secondary N) is 1. The van der Waals surface area contributed by atoms with Crippen molar-refractivity contribution in [3.8, 4) is 0 Å². The predicted molar refractivity (Wildman–Crippen MR) is 194 cm³/mol. The van der Waals surface area contributed by atoms with E-state index < -0.39 is 15.4 Å². The zero-order valence-corrected chi connectivity index (χ0v) is 32.6. The van der Waals surface area contributed by atoms with Gasteiger partial charge in [-0.15, -0.1) is 0 Å². The molecule has 1 saturated heterocycles. The summed E-state index contributed by atoms with van der Waals surface area (Å²) >= 11 is 0. The van der Waals surface area contributed by atoms with Gasteiger partial charge in [0, 0.05) is 16.8 Å². The van der Waals surface area contributed by atoms with E-state index in [-0.39, 0.29) is 17.1 Å². The van der Waals surface area contributed by atoms with Crippen molar-refractivity contribution in [2.24, 2.45) is 0 Å². The highest BCUT2D eigenvalue weighted by atomic mass is 29.3. The van der Waals surface area contributed by atoms with Gasteiger partial charge in [-0.05, 0) is 72.9 Å². The Hall–Kier alpha value is -0.436. The van der Waals surface area contributed by atoms with Crippen LogP contribution in [0.25, 0.3) is 0 Å². The molecule has 43 heavy (non-hydrogen) atoms. The molecule has 6 heteroatoms. The average Bonchev–Trinajstić information content (AvgIpc) is 2.93. The number of carbonyl (C=O) groups is 1. The molecule has 1 N–H and O–H groups in total. The van der Waals surface area contributed by atoms with Crippen LogP contribution in [0.1, 0.15) is 170 Å². The van der Waals surface area contributed by atoms with Crippen molar-refractivity contribution >= 4 is 21.4 Å². The van der Waals surface area contributed by atoms with E-state index in [1.807, 2.05) is 0 Å². The molecule has 4 nitrogen and oxygen atoms in total. The van der Waals surface area contributed by atoms with Crippen LogP contribution in [-0.4, -0.2) is 44.8 Å². The second-order valence-corrected chi connectivity index (χ2v) is 30.0. The topological polar surface area (TPSA) is 47.6 Å². The summed E-state index contributed by atoms with van der Waals surface area (Å²) in [5.41, 5.74) is 1.14. The molecule has 1 fully saturated rings. The molecule has 1 rings (SSSR count). The molecule has 0 aromatic carbocycles. The highest BCUT2D eigenvalue weighted by Crippen LogP contribution is 2.43. The van der Waals surface area contributed by atoms with Crippen molar-refractivity contribution in [1.29, 1.82) is 0 Å². The van der Waals surface area contributed by atoms with Gasteiger partial charge in [0.2, 0.25) is 0 Å². The molecular weight excluding hydrogens is 563 g/mol. The first-order valence-corrected chi connectivity index (χ1v) is 25.2. The van der Waals surface area contributed by atoms with E-state index in [2.05, 4.69) is 66.2 Å². The monoisotopic (exact) mass is 638 g/mol. The Labute approximate surface area is 271 Å². The average molecular weight is 638 g/mol. The standard InChI is InChI=1S/C37H75NO3Si2/c1-11-13-14-15-16-17-18-19-20-21-22-23-24-25-26-28-36(5,6)38-34(12-2)43(10)32-30-37(7,41-42(43,8)9)29-27-31-40-35(39)33(3)4/h34,38H,3,11-32H2,1-2,4-10H3. The van der Waals surface area contributed by atoms with Gasteiger partial charge in [0.1, 0.15) is 0 Å². The van der Waals surface area contributed by atoms with Gasteiger partial charge in [0.25, 0.3) is 0 Å². The summed E-state index contributed by atoms with van der Waals surface area (Å²) in [7, 11) is -3.54. The summed E-state index contributed by atoms with van der Waals surface area (Å²) in [6.45, 7) is 25.3. The molecule has 0 aliphatic carbocycles. The van der Waals surface area contributed by atoms with Gasteiger partial charge < -0.3 is 14.5 Å². The zero-order chi connectivity index (χ0) is 32.4. The lowest BCUT2D eigenvalue weighted by molar-refractivity contribution is -0.139. The molecule has 0 amide bonds. The van der Waals surface area contributed by atoms with Crippen LogP contribution < -0.4 is 5.32 Å². The van der Waals surface area contributed by atoms with Crippen LogP contribution in [0.5, 0.6) is 0 Å². The third-order valence-electron chi connectivity index (χ3n) is 10.6. The molecule has 1 aliphatic heterocycles. The predicted octanol–water partition coefficient (Wildman–Crippen LogP) is 11.4. The van der Waals surface area contributed by atoms with Crippen molar-refractivity contribution in [3.05, 3.63) is 12.2 Å². The molecule has 1 aliphatic rings. The highest BCUT2D eigenvalue weighted by molar-refractivity contribution is 7.39. The van der Waals surface area contributed by atoms with E-state index in [0.717, 1.165) is 19.3 Å². The molecule has 0 aromatic rings. The number of rotatable bonds is 25. The van der Waals surface area contributed by atoms with E-state index in [0.29, 0.717) is 17.8 Å². The quantitative estimate of drug-likeness (QED) is 0.0468. The first kappa shape index (κ1) is 40.6. The van der Waals surface area contributed by atoms with Gasteiger partial charge >= 0.3 is 5.97 Å². The summed E-state index contributed by atoms with van der Waals surface area (Å²) in [5.74, 6) is -0.284. The third kappa shape index (κ3) is 15.6. The molecule has 254 valence electrons. The van der Waals surface area contributed by atoms with Crippen LogP contribution in [-0.2, 0) is 14.0 Å². The van der Waals surface area contributed by atoms with Crippen LogP contribution in [0, 0.1) is 0 Å². The Morgan fingerprint density at radius 1 is 0.884 bits per heavy atom. The van der Waals surface area contributed by atoms with Crippen molar-refractivity contribution < 1.29 is 14.0 Å². The number of ether oxygens (including phenoxy) is 1. The van der Waals surface area contributed by atoms with Gasteiger partial charge in [-0.1, -0.05) is 129 Å². The normalized spacial score (nSPS) is 22.8. The fraction of sp³-hybridized carbons (Fsp3) is 0.919. The molecule has 0 bridgehead atoms. The summed E-state index contributed by atoms with van der Waals surface area (Å²) in [4.78, 5) is 11.7. The molecule has 3 unspecified atom stereocenters. The molecule has 0 saturated carbocycles. The zero-order valence-electron chi connectivity index (χ0n) is 30.6. The molecule has 0 spiro atoms. The minimum absolute atomic E-state index is 0.0977. The van der Waals surface area contributed by atoms with Crippen LogP contribution >= 0.6 is 0 Å². The van der Waals surface area contributed by atoms with Crippen LogP contribution in [0.4, 0.5) is 0 Å². The lowest BCUT2D eigenvalue weighted by Gasteiger charge is -2.56. The Morgan fingerprint density at radius 3 is 1.81 bits per heavy atom. The molecule has 1 heterocycles. The van der Waals surface area contributed by atoms with E-state index >= 15 is 0 Å². The smallest absolute Gasteiger partial charge is 0.333 e. The number of hydrogen-bond donors (Lipinski definition) is 1. The molecular formula is C37H75NO3Si2. The van der Waals surface area contributed by atoms with Gasteiger partial charge in [0.05, 0.1) is 19.8 Å². The molecule has 3 atom stereocenters. The SMILES string of the molecule is C=C(C)C(=O)OCCCC1(C)CC[Si](C)(C(CC)NC(C)(C)CCCCCCCCCCCCCCCCC)[Si](C)(C)O1. The van der Waals surface area contributed by atoms with Crippen molar-refractivity contribution in [1.82, 2.24) is 5.32 Å².